The van der Waals surface area contributed by atoms with Crippen molar-refractivity contribution in [2.45, 2.75) is 6.54 Å². The van der Waals surface area contributed by atoms with Gasteiger partial charge in [0.2, 0.25) is 5.88 Å². The zero-order chi connectivity index (χ0) is 14.4. The number of pyridine rings is 1. The number of hydrogen-bond donors (Lipinski definition) is 1. The summed E-state index contributed by atoms with van der Waals surface area (Å²) in [4.78, 5) is 5.37. The second kappa shape index (κ2) is 7.83. The van der Waals surface area contributed by atoms with E-state index >= 15 is 0 Å². The van der Waals surface area contributed by atoms with Gasteiger partial charge in [-0.2, -0.15) is 0 Å². The summed E-state index contributed by atoms with van der Waals surface area (Å²) in [6.45, 7) is 1.76. The van der Waals surface area contributed by atoms with Gasteiger partial charge >= 0.3 is 0 Å². The van der Waals surface area contributed by atoms with Gasteiger partial charge in [0.1, 0.15) is 10.9 Å². The van der Waals surface area contributed by atoms with E-state index in [9.17, 15) is 0 Å². The minimum Gasteiger partial charge on any atom is -0.475 e. The van der Waals surface area contributed by atoms with Crippen molar-refractivity contribution in [2.24, 2.45) is 0 Å². The monoisotopic (exact) mass is 376 g/mol. The first-order valence-corrected chi connectivity index (χ1v) is 7.93. The molecule has 0 aromatic carbocycles. The Balaban J connectivity index is 1.84. The van der Waals surface area contributed by atoms with Crippen LogP contribution in [0.2, 0.25) is 4.34 Å². The van der Waals surface area contributed by atoms with Gasteiger partial charge in [0.25, 0.3) is 0 Å². The lowest BCUT2D eigenvalue weighted by Gasteiger charge is -2.07. The zero-order valence-electron chi connectivity index (χ0n) is 10.9. The van der Waals surface area contributed by atoms with Crippen molar-refractivity contribution in [3.8, 4) is 5.88 Å². The van der Waals surface area contributed by atoms with Gasteiger partial charge in [0.05, 0.1) is 18.5 Å². The molecule has 0 aliphatic rings. The Bertz CT molecular complexity index is 528. The quantitative estimate of drug-likeness (QED) is 0.735. The predicted octanol–water partition coefficient (Wildman–Crippen LogP) is 4.20. The minimum absolute atomic E-state index is 0.498. The lowest BCUT2D eigenvalue weighted by molar-refractivity contribution is 0.144. The fourth-order valence-corrected chi connectivity index (χ4v) is 3.20. The Labute approximate surface area is 135 Å². The summed E-state index contributed by atoms with van der Waals surface area (Å²) in [5.41, 5.74) is 0.935. The molecule has 0 amide bonds. The third kappa shape index (κ3) is 4.63. The lowest BCUT2D eigenvalue weighted by Crippen LogP contribution is -2.05. The van der Waals surface area contributed by atoms with Gasteiger partial charge < -0.3 is 14.8 Å². The number of ether oxygens (including phenoxy) is 2. The van der Waals surface area contributed by atoms with Crippen LogP contribution in [0.15, 0.2) is 28.9 Å². The molecule has 7 heteroatoms. The molecule has 0 radical (unpaired) electrons. The smallest absolute Gasteiger partial charge is 0.213 e. The van der Waals surface area contributed by atoms with E-state index in [0.29, 0.717) is 25.6 Å². The summed E-state index contributed by atoms with van der Waals surface area (Å²) in [7, 11) is 1.64. The second-order valence-corrected chi connectivity index (χ2v) is 6.51. The number of hydrogen-bond acceptors (Lipinski definition) is 5. The molecular formula is C13H14BrClN2O2S. The maximum absolute atomic E-state index is 6.00. The Morgan fingerprint density at radius 2 is 2.25 bits per heavy atom. The van der Waals surface area contributed by atoms with Crippen LogP contribution in [-0.4, -0.2) is 25.3 Å². The molecule has 0 saturated heterocycles. The van der Waals surface area contributed by atoms with Gasteiger partial charge in [-0.25, -0.2) is 4.98 Å². The van der Waals surface area contributed by atoms with Crippen molar-refractivity contribution < 1.29 is 9.47 Å². The molecule has 0 atom stereocenters. The Hall–Kier alpha value is -0.820. The van der Waals surface area contributed by atoms with E-state index < -0.39 is 0 Å². The first-order valence-electron chi connectivity index (χ1n) is 5.94. The van der Waals surface area contributed by atoms with Gasteiger partial charge in [-0.3, -0.25) is 0 Å². The zero-order valence-corrected chi connectivity index (χ0v) is 14.0. The molecule has 0 aliphatic heterocycles. The van der Waals surface area contributed by atoms with Crippen molar-refractivity contribution >= 4 is 44.6 Å². The molecule has 2 aromatic rings. The number of methoxy groups -OCH3 is 1. The van der Waals surface area contributed by atoms with Crippen molar-refractivity contribution in [1.82, 2.24) is 4.98 Å². The van der Waals surface area contributed by atoms with Gasteiger partial charge in [-0.05, 0) is 28.1 Å². The summed E-state index contributed by atoms with van der Waals surface area (Å²) in [6, 6.07) is 5.77. The van der Waals surface area contributed by atoms with E-state index in [1.165, 1.54) is 0 Å². The summed E-state index contributed by atoms with van der Waals surface area (Å²) in [5.74, 6) is 0.592. The van der Waals surface area contributed by atoms with Crippen LogP contribution in [0, 0.1) is 0 Å². The van der Waals surface area contributed by atoms with E-state index in [1.807, 2.05) is 18.2 Å². The van der Waals surface area contributed by atoms with Crippen molar-refractivity contribution in [3.63, 3.8) is 0 Å². The summed E-state index contributed by atoms with van der Waals surface area (Å²) < 4.78 is 12.0. The highest BCUT2D eigenvalue weighted by molar-refractivity contribution is 9.10. The average Bonchev–Trinajstić information content (AvgIpc) is 2.77. The number of thiophene rings is 1. The molecule has 0 bridgehead atoms. The molecule has 1 N–H and O–H groups in total. The number of nitrogens with zero attached hydrogens (tertiary/aromatic N) is 1. The maximum atomic E-state index is 6.00. The standard InChI is InChI=1S/C13H14BrClN2O2S/c1-18-4-5-19-12-3-2-9(7-17-12)16-8-10-6-11(14)13(15)20-10/h2-3,6-7,16H,4-5,8H2,1H3. The molecule has 2 aromatic heterocycles. The third-order valence-electron chi connectivity index (χ3n) is 2.44. The molecule has 0 spiro atoms. The fraction of sp³-hybridized carbons (Fsp3) is 0.308. The van der Waals surface area contributed by atoms with Crippen LogP contribution in [0.5, 0.6) is 5.88 Å². The van der Waals surface area contributed by atoms with E-state index in [2.05, 4.69) is 26.2 Å². The number of rotatable bonds is 7. The predicted molar refractivity (Wildman–Crippen MR) is 86.0 cm³/mol. The first kappa shape index (κ1) is 15.6. The highest BCUT2D eigenvalue weighted by atomic mass is 79.9. The van der Waals surface area contributed by atoms with Crippen molar-refractivity contribution in [2.75, 3.05) is 25.6 Å². The number of nitrogens with one attached hydrogen (secondary N) is 1. The summed E-state index contributed by atoms with van der Waals surface area (Å²) >= 11 is 10.9. The average molecular weight is 378 g/mol. The van der Waals surface area contributed by atoms with E-state index in [-0.39, 0.29) is 0 Å². The molecule has 0 aliphatic carbocycles. The van der Waals surface area contributed by atoms with E-state index in [1.54, 1.807) is 24.6 Å². The van der Waals surface area contributed by atoms with E-state index in [0.717, 1.165) is 19.4 Å². The molecule has 108 valence electrons. The highest BCUT2D eigenvalue weighted by Crippen LogP contribution is 2.32. The lowest BCUT2D eigenvalue weighted by atomic mass is 10.4. The van der Waals surface area contributed by atoms with E-state index in [4.69, 9.17) is 21.1 Å². The molecule has 0 fully saturated rings. The van der Waals surface area contributed by atoms with Crippen LogP contribution in [-0.2, 0) is 11.3 Å². The highest BCUT2D eigenvalue weighted by Gasteiger charge is 2.04. The molecule has 20 heavy (non-hydrogen) atoms. The summed E-state index contributed by atoms with van der Waals surface area (Å²) in [5, 5.41) is 3.28. The largest absolute Gasteiger partial charge is 0.475 e. The molecule has 0 unspecified atom stereocenters. The second-order valence-electron chi connectivity index (χ2n) is 3.91. The Kier molecular flexibility index (Phi) is 6.09. The van der Waals surface area contributed by atoms with Gasteiger partial charge in [0.15, 0.2) is 0 Å². The summed E-state index contributed by atoms with van der Waals surface area (Å²) in [6.07, 6.45) is 1.74. The van der Waals surface area contributed by atoms with Crippen LogP contribution in [0.25, 0.3) is 0 Å². The van der Waals surface area contributed by atoms with Gasteiger partial charge in [0, 0.05) is 29.1 Å². The van der Waals surface area contributed by atoms with Crippen molar-refractivity contribution in [1.29, 1.82) is 0 Å². The topological polar surface area (TPSA) is 43.4 Å². The van der Waals surface area contributed by atoms with Gasteiger partial charge in [-0.15, -0.1) is 11.3 Å². The van der Waals surface area contributed by atoms with Crippen LogP contribution < -0.4 is 10.1 Å². The number of anilines is 1. The molecule has 0 saturated carbocycles. The van der Waals surface area contributed by atoms with Crippen LogP contribution in [0.1, 0.15) is 4.88 Å². The third-order valence-corrected chi connectivity index (χ3v) is 4.91. The first-order chi connectivity index (χ1) is 9.69. The Morgan fingerprint density at radius 1 is 1.40 bits per heavy atom. The van der Waals surface area contributed by atoms with Crippen molar-refractivity contribution in [3.05, 3.63) is 38.1 Å². The van der Waals surface area contributed by atoms with Crippen LogP contribution in [0.3, 0.4) is 0 Å². The molecule has 2 rings (SSSR count). The Morgan fingerprint density at radius 3 is 2.85 bits per heavy atom. The molecule has 4 nitrogen and oxygen atoms in total. The fourth-order valence-electron chi connectivity index (χ4n) is 1.47. The van der Waals surface area contributed by atoms with Crippen LogP contribution in [0.4, 0.5) is 5.69 Å². The minimum atomic E-state index is 0.498. The molecule has 2 heterocycles. The number of halogens is 2. The normalized spacial score (nSPS) is 10.6. The van der Waals surface area contributed by atoms with Gasteiger partial charge in [-0.1, -0.05) is 11.6 Å². The molecular weight excluding hydrogens is 364 g/mol. The van der Waals surface area contributed by atoms with Crippen LogP contribution >= 0.6 is 38.9 Å². The number of aromatic nitrogens is 1. The maximum Gasteiger partial charge on any atom is 0.213 e. The SMILES string of the molecule is COCCOc1ccc(NCc2cc(Br)c(Cl)s2)cn1.